The van der Waals surface area contributed by atoms with Crippen molar-refractivity contribution in [3.05, 3.63) is 52.0 Å². The number of carbonyl (C=O) groups is 1. The van der Waals surface area contributed by atoms with Crippen LogP contribution in [-0.4, -0.2) is 39.2 Å². The molecule has 0 saturated carbocycles. The molecule has 0 unspecified atom stereocenters. The van der Waals surface area contributed by atoms with Crippen LogP contribution in [0.2, 0.25) is 0 Å². The van der Waals surface area contributed by atoms with Crippen LogP contribution in [-0.2, 0) is 6.54 Å². The van der Waals surface area contributed by atoms with Crippen LogP contribution >= 0.6 is 15.9 Å². The molecule has 2 aromatic rings. The summed E-state index contributed by atoms with van der Waals surface area (Å²) in [6.07, 6.45) is 0. The number of rotatable bonds is 6. The average Bonchev–Trinajstić information content (AvgIpc) is 2.60. The van der Waals surface area contributed by atoms with Crippen molar-refractivity contribution in [1.82, 2.24) is 4.90 Å². The van der Waals surface area contributed by atoms with Gasteiger partial charge in [0.25, 0.3) is 5.91 Å². The third-order valence-electron chi connectivity index (χ3n) is 3.58. The van der Waals surface area contributed by atoms with Gasteiger partial charge in [0.2, 0.25) is 5.75 Å². The lowest BCUT2D eigenvalue weighted by Crippen LogP contribution is -2.26. The predicted octanol–water partition coefficient (Wildman–Crippen LogP) is 3.75. The third kappa shape index (κ3) is 4.00. The molecule has 2 aromatic carbocycles. The molecule has 0 radical (unpaired) electrons. The number of benzene rings is 2. The number of halogens is 1. The number of nitrogens with zero attached hydrogens (tertiary/aromatic N) is 1. The molecule has 2 rings (SSSR count). The predicted molar refractivity (Wildman–Crippen MR) is 96.0 cm³/mol. The zero-order valence-electron chi connectivity index (χ0n) is 14.1. The lowest BCUT2D eigenvalue weighted by molar-refractivity contribution is 0.0785. The molecule has 0 saturated heterocycles. The van der Waals surface area contributed by atoms with E-state index in [9.17, 15) is 4.79 Å². The largest absolute Gasteiger partial charge is 0.493 e. The first kappa shape index (κ1) is 18.1. The SMILES string of the molecule is COc1cc(CN(C)C(=O)c2ccc(Br)cc2)cc(OC)c1OC. The van der Waals surface area contributed by atoms with E-state index in [0.717, 1.165) is 10.0 Å². The number of ether oxygens (including phenoxy) is 3. The van der Waals surface area contributed by atoms with Crippen LogP contribution in [0.15, 0.2) is 40.9 Å². The number of amides is 1. The molecule has 6 heteroatoms. The van der Waals surface area contributed by atoms with Crippen molar-refractivity contribution in [1.29, 1.82) is 0 Å². The molecule has 5 nitrogen and oxygen atoms in total. The fourth-order valence-corrected chi connectivity index (χ4v) is 2.65. The van der Waals surface area contributed by atoms with Gasteiger partial charge in [0.15, 0.2) is 11.5 Å². The molecule has 24 heavy (non-hydrogen) atoms. The molecule has 0 fully saturated rings. The van der Waals surface area contributed by atoms with E-state index in [0.29, 0.717) is 29.4 Å². The van der Waals surface area contributed by atoms with Crippen molar-refractivity contribution in [2.45, 2.75) is 6.54 Å². The summed E-state index contributed by atoms with van der Waals surface area (Å²) in [4.78, 5) is 14.2. The van der Waals surface area contributed by atoms with Crippen LogP contribution in [0.1, 0.15) is 15.9 Å². The molecule has 1 amide bonds. The van der Waals surface area contributed by atoms with Gasteiger partial charge < -0.3 is 19.1 Å². The van der Waals surface area contributed by atoms with Gasteiger partial charge in [0.1, 0.15) is 0 Å². The van der Waals surface area contributed by atoms with Gasteiger partial charge >= 0.3 is 0 Å². The summed E-state index contributed by atoms with van der Waals surface area (Å²) in [7, 11) is 6.45. The maximum Gasteiger partial charge on any atom is 0.253 e. The molecule has 0 bridgehead atoms. The summed E-state index contributed by atoms with van der Waals surface area (Å²) < 4.78 is 16.9. The van der Waals surface area contributed by atoms with Crippen LogP contribution in [0.5, 0.6) is 17.2 Å². The van der Waals surface area contributed by atoms with Gasteiger partial charge in [-0.1, -0.05) is 15.9 Å². The second-order valence-corrected chi connectivity index (χ2v) is 6.12. The first-order valence-corrected chi connectivity index (χ1v) is 8.09. The highest BCUT2D eigenvalue weighted by Gasteiger charge is 2.16. The van der Waals surface area contributed by atoms with Crippen molar-refractivity contribution < 1.29 is 19.0 Å². The summed E-state index contributed by atoms with van der Waals surface area (Å²) in [6, 6.07) is 11.0. The fraction of sp³-hybridized carbons (Fsp3) is 0.278. The van der Waals surface area contributed by atoms with Gasteiger partial charge in [0, 0.05) is 23.6 Å². The highest BCUT2D eigenvalue weighted by atomic mass is 79.9. The Kier molecular flexibility index (Phi) is 6.09. The highest BCUT2D eigenvalue weighted by Crippen LogP contribution is 2.38. The molecule has 0 aromatic heterocycles. The maximum atomic E-state index is 12.5. The summed E-state index contributed by atoms with van der Waals surface area (Å²) >= 11 is 3.37. The normalized spacial score (nSPS) is 10.2. The summed E-state index contributed by atoms with van der Waals surface area (Å²) in [6.45, 7) is 0.422. The second-order valence-electron chi connectivity index (χ2n) is 5.20. The van der Waals surface area contributed by atoms with E-state index in [1.807, 2.05) is 24.3 Å². The lowest BCUT2D eigenvalue weighted by Gasteiger charge is -2.19. The Morgan fingerprint density at radius 3 is 2.00 bits per heavy atom. The Morgan fingerprint density at radius 2 is 1.54 bits per heavy atom. The van der Waals surface area contributed by atoms with Gasteiger partial charge in [-0.05, 0) is 42.0 Å². The standard InChI is InChI=1S/C18H20BrNO4/c1-20(18(21)13-5-7-14(19)8-6-13)11-12-9-15(22-2)17(24-4)16(10-12)23-3/h5-10H,11H2,1-4H3. The number of carbonyl (C=O) groups excluding carboxylic acids is 1. The Hall–Kier alpha value is -2.21. The van der Waals surface area contributed by atoms with Gasteiger partial charge in [-0.15, -0.1) is 0 Å². The molecule has 0 heterocycles. The molecule has 0 N–H and O–H groups in total. The number of hydrogen-bond acceptors (Lipinski definition) is 4. The first-order valence-electron chi connectivity index (χ1n) is 7.30. The molecular formula is C18H20BrNO4. The topological polar surface area (TPSA) is 48.0 Å². The van der Waals surface area contributed by atoms with E-state index in [-0.39, 0.29) is 5.91 Å². The monoisotopic (exact) mass is 393 g/mol. The Bertz CT molecular complexity index is 690. The molecule has 0 atom stereocenters. The minimum absolute atomic E-state index is 0.0590. The van der Waals surface area contributed by atoms with Crippen LogP contribution in [0, 0.1) is 0 Å². The van der Waals surface area contributed by atoms with Gasteiger partial charge in [0.05, 0.1) is 21.3 Å². The van der Waals surface area contributed by atoms with Crippen molar-refractivity contribution in [2.24, 2.45) is 0 Å². The van der Waals surface area contributed by atoms with Crippen molar-refractivity contribution in [2.75, 3.05) is 28.4 Å². The van der Waals surface area contributed by atoms with Gasteiger partial charge in [-0.2, -0.15) is 0 Å². The maximum absolute atomic E-state index is 12.5. The number of methoxy groups -OCH3 is 3. The molecule has 0 spiro atoms. The van der Waals surface area contributed by atoms with E-state index >= 15 is 0 Å². The van der Waals surface area contributed by atoms with E-state index < -0.39 is 0 Å². The Morgan fingerprint density at radius 1 is 1.00 bits per heavy atom. The van der Waals surface area contributed by atoms with Crippen LogP contribution in [0.4, 0.5) is 0 Å². The molecular weight excluding hydrogens is 374 g/mol. The fourth-order valence-electron chi connectivity index (χ4n) is 2.39. The Balaban J connectivity index is 2.23. The zero-order chi connectivity index (χ0) is 17.7. The van der Waals surface area contributed by atoms with Crippen LogP contribution in [0.3, 0.4) is 0 Å². The third-order valence-corrected chi connectivity index (χ3v) is 4.11. The van der Waals surface area contributed by atoms with Gasteiger partial charge in [-0.3, -0.25) is 4.79 Å². The second kappa shape index (κ2) is 8.06. The smallest absolute Gasteiger partial charge is 0.253 e. The molecule has 0 aliphatic carbocycles. The van der Waals surface area contributed by atoms with Crippen LogP contribution < -0.4 is 14.2 Å². The molecule has 0 aliphatic heterocycles. The minimum atomic E-state index is -0.0590. The van der Waals surface area contributed by atoms with Crippen LogP contribution in [0.25, 0.3) is 0 Å². The molecule has 0 aliphatic rings. The highest BCUT2D eigenvalue weighted by molar-refractivity contribution is 9.10. The zero-order valence-corrected chi connectivity index (χ0v) is 15.7. The molecule has 128 valence electrons. The van der Waals surface area contributed by atoms with E-state index in [1.165, 1.54) is 0 Å². The first-order chi connectivity index (χ1) is 11.5. The van der Waals surface area contributed by atoms with E-state index in [1.54, 1.807) is 45.4 Å². The lowest BCUT2D eigenvalue weighted by atomic mass is 10.1. The van der Waals surface area contributed by atoms with Crippen molar-refractivity contribution in [3.63, 3.8) is 0 Å². The summed E-state index contributed by atoms with van der Waals surface area (Å²) in [5, 5.41) is 0. The Labute approximate surface area is 150 Å². The summed E-state index contributed by atoms with van der Waals surface area (Å²) in [5.74, 6) is 1.61. The summed E-state index contributed by atoms with van der Waals surface area (Å²) in [5.41, 5.74) is 1.52. The quantitative estimate of drug-likeness (QED) is 0.749. The van der Waals surface area contributed by atoms with Crippen molar-refractivity contribution in [3.8, 4) is 17.2 Å². The van der Waals surface area contributed by atoms with E-state index in [4.69, 9.17) is 14.2 Å². The van der Waals surface area contributed by atoms with Gasteiger partial charge in [-0.25, -0.2) is 0 Å². The van der Waals surface area contributed by atoms with E-state index in [2.05, 4.69) is 15.9 Å². The average molecular weight is 394 g/mol. The minimum Gasteiger partial charge on any atom is -0.493 e. The van der Waals surface area contributed by atoms with Crippen molar-refractivity contribution >= 4 is 21.8 Å². The number of hydrogen-bond donors (Lipinski definition) is 0.